The van der Waals surface area contributed by atoms with Crippen molar-refractivity contribution in [3.05, 3.63) is 22.3 Å². The lowest BCUT2D eigenvalue weighted by atomic mass is 10.2. The standard InChI is InChI=1S/C8H9ClF2N2O/c1-14-8-4(2-12)6(9)5(3-13-8)7(10)11/h3,7H,2,12H2,1H3. The molecule has 1 heterocycles. The Hall–Kier alpha value is -0.940. The maximum absolute atomic E-state index is 12.4. The topological polar surface area (TPSA) is 48.1 Å². The van der Waals surface area contributed by atoms with Crippen LogP contribution in [-0.4, -0.2) is 12.1 Å². The molecule has 0 amide bonds. The van der Waals surface area contributed by atoms with Crippen molar-refractivity contribution in [1.82, 2.24) is 4.98 Å². The van der Waals surface area contributed by atoms with Gasteiger partial charge < -0.3 is 10.5 Å². The first-order valence-electron chi connectivity index (χ1n) is 3.81. The number of nitrogens with two attached hydrogens (primary N) is 1. The van der Waals surface area contributed by atoms with E-state index in [4.69, 9.17) is 22.1 Å². The molecule has 1 aromatic rings. The van der Waals surface area contributed by atoms with Gasteiger partial charge in [0.15, 0.2) is 0 Å². The van der Waals surface area contributed by atoms with Gasteiger partial charge in [-0.15, -0.1) is 0 Å². The van der Waals surface area contributed by atoms with Crippen molar-refractivity contribution in [2.45, 2.75) is 13.0 Å². The van der Waals surface area contributed by atoms with Gasteiger partial charge >= 0.3 is 0 Å². The number of halogens is 3. The number of alkyl halides is 2. The van der Waals surface area contributed by atoms with E-state index >= 15 is 0 Å². The number of methoxy groups -OCH3 is 1. The minimum Gasteiger partial charge on any atom is -0.481 e. The molecule has 0 spiro atoms. The van der Waals surface area contributed by atoms with Crippen LogP contribution in [0.15, 0.2) is 6.20 Å². The highest BCUT2D eigenvalue weighted by Gasteiger charge is 2.18. The Balaban J connectivity index is 3.27. The zero-order valence-electron chi connectivity index (χ0n) is 7.43. The van der Waals surface area contributed by atoms with Gasteiger partial charge in [-0.3, -0.25) is 0 Å². The molecule has 0 bridgehead atoms. The van der Waals surface area contributed by atoms with Crippen LogP contribution in [0.4, 0.5) is 8.78 Å². The first-order chi connectivity index (χ1) is 6.61. The minimum absolute atomic E-state index is 0.00949. The summed E-state index contributed by atoms with van der Waals surface area (Å²) in [6.45, 7) is 0.00949. The summed E-state index contributed by atoms with van der Waals surface area (Å²) in [5.41, 5.74) is 5.32. The number of hydrogen-bond acceptors (Lipinski definition) is 3. The third kappa shape index (κ3) is 1.93. The summed E-state index contributed by atoms with van der Waals surface area (Å²) in [4.78, 5) is 3.68. The predicted molar refractivity (Wildman–Crippen MR) is 48.6 cm³/mol. The summed E-state index contributed by atoms with van der Waals surface area (Å²) < 4.78 is 29.6. The molecule has 0 aliphatic carbocycles. The second kappa shape index (κ2) is 4.52. The number of ether oxygens (including phenoxy) is 1. The Bertz CT molecular complexity index is 333. The fourth-order valence-corrected chi connectivity index (χ4v) is 1.33. The average Bonchev–Trinajstić information content (AvgIpc) is 2.16. The van der Waals surface area contributed by atoms with Crippen molar-refractivity contribution in [2.75, 3.05) is 7.11 Å². The van der Waals surface area contributed by atoms with Crippen LogP contribution in [0.2, 0.25) is 5.02 Å². The first kappa shape index (κ1) is 11.1. The van der Waals surface area contributed by atoms with E-state index in [1.807, 2.05) is 0 Å². The second-order valence-electron chi connectivity index (χ2n) is 2.52. The van der Waals surface area contributed by atoms with E-state index in [1.54, 1.807) is 0 Å². The zero-order chi connectivity index (χ0) is 10.7. The third-order valence-corrected chi connectivity index (χ3v) is 2.18. The number of pyridine rings is 1. The van der Waals surface area contributed by atoms with E-state index in [9.17, 15) is 8.78 Å². The van der Waals surface area contributed by atoms with Crippen LogP contribution in [0.3, 0.4) is 0 Å². The van der Waals surface area contributed by atoms with Crippen LogP contribution in [0.1, 0.15) is 17.6 Å². The van der Waals surface area contributed by atoms with Crippen molar-refractivity contribution in [1.29, 1.82) is 0 Å². The number of aromatic nitrogens is 1. The molecular formula is C8H9ClF2N2O. The van der Waals surface area contributed by atoms with Crippen molar-refractivity contribution >= 4 is 11.6 Å². The number of hydrogen-bond donors (Lipinski definition) is 1. The average molecular weight is 223 g/mol. The van der Waals surface area contributed by atoms with Crippen LogP contribution in [0.25, 0.3) is 0 Å². The molecule has 0 radical (unpaired) electrons. The molecule has 3 nitrogen and oxygen atoms in total. The molecule has 0 atom stereocenters. The molecule has 2 N–H and O–H groups in total. The van der Waals surface area contributed by atoms with Crippen LogP contribution >= 0.6 is 11.6 Å². The highest BCUT2D eigenvalue weighted by molar-refractivity contribution is 6.32. The maximum Gasteiger partial charge on any atom is 0.266 e. The molecule has 0 saturated carbocycles. The van der Waals surface area contributed by atoms with E-state index in [0.717, 1.165) is 6.20 Å². The maximum atomic E-state index is 12.4. The smallest absolute Gasteiger partial charge is 0.266 e. The summed E-state index contributed by atoms with van der Waals surface area (Å²) in [5.74, 6) is 0.182. The van der Waals surface area contributed by atoms with Crippen molar-refractivity contribution in [3.8, 4) is 5.88 Å². The Morgan fingerprint density at radius 3 is 2.71 bits per heavy atom. The Kier molecular flexibility index (Phi) is 3.60. The monoisotopic (exact) mass is 222 g/mol. The van der Waals surface area contributed by atoms with Crippen molar-refractivity contribution in [2.24, 2.45) is 5.73 Å². The van der Waals surface area contributed by atoms with E-state index in [1.165, 1.54) is 7.11 Å². The Labute approximate surface area is 84.8 Å². The lowest BCUT2D eigenvalue weighted by Gasteiger charge is -2.10. The molecule has 78 valence electrons. The molecule has 1 rings (SSSR count). The molecular weight excluding hydrogens is 214 g/mol. The molecule has 14 heavy (non-hydrogen) atoms. The van der Waals surface area contributed by atoms with Gasteiger partial charge in [-0.25, -0.2) is 13.8 Å². The van der Waals surface area contributed by atoms with Gasteiger partial charge in [0, 0.05) is 18.3 Å². The summed E-state index contributed by atoms with van der Waals surface area (Å²) in [6, 6.07) is 0. The van der Waals surface area contributed by atoms with Crippen molar-refractivity contribution in [3.63, 3.8) is 0 Å². The van der Waals surface area contributed by atoms with E-state index in [0.29, 0.717) is 5.56 Å². The predicted octanol–water partition coefficient (Wildman–Crippen LogP) is 2.14. The molecule has 0 aliphatic rings. The lowest BCUT2D eigenvalue weighted by molar-refractivity contribution is 0.151. The molecule has 0 aromatic carbocycles. The van der Waals surface area contributed by atoms with Gasteiger partial charge in [0.1, 0.15) is 0 Å². The van der Waals surface area contributed by atoms with Gasteiger partial charge in [0.2, 0.25) is 5.88 Å². The zero-order valence-corrected chi connectivity index (χ0v) is 8.18. The van der Waals surface area contributed by atoms with Crippen LogP contribution < -0.4 is 10.5 Å². The third-order valence-electron chi connectivity index (χ3n) is 1.73. The number of rotatable bonds is 3. The summed E-state index contributed by atoms with van der Waals surface area (Å²) in [6.07, 6.45) is -1.67. The molecule has 1 aromatic heterocycles. The fourth-order valence-electron chi connectivity index (χ4n) is 1.04. The highest BCUT2D eigenvalue weighted by atomic mass is 35.5. The van der Waals surface area contributed by atoms with Gasteiger partial charge in [-0.2, -0.15) is 0 Å². The molecule has 0 aliphatic heterocycles. The Morgan fingerprint density at radius 1 is 1.64 bits per heavy atom. The molecule has 0 saturated heterocycles. The normalized spacial score (nSPS) is 10.7. The highest BCUT2D eigenvalue weighted by Crippen LogP contribution is 2.32. The van der Waals surface area contributed by atoms with Gasteiger partial charge in [0.05, 0.1) is 17.7 Å². The van der Waals surface area contributed by atoms with Crippen LogP contribution in [-0.2, 0) is 6.54 Å². The lowest BCUT2D eigenvalue weighted by Crippen LogP contribution is -2.05. The van der Waals surface area contributed by atoms with E-state index in [2.05, 4.69) is 4.98 Å². The Morgan fingerprint density at radius 2 is 2.29 bits per heavy atom. The summed E-state index contributed by atoms with van der Waals surface area (Å²) in [5, 5.41) is -0.0747. The molecule has 0 fully saturated rings. The number of nitrogens with zero attached hydrogens (tertiary/aromatic N) is 1. The van der Waals surface area contributed by atoms with E-state index < -0.39 is 6.43 Å². The summed E-state index contributed by atoms with van der Waals surface area (Å²) in [7, 11) is 1.37. The second-order valence-corrected chi connectivity index (χ2v) is 2.90. The van der Waals surface area contributed by atoms with Gasteiger partial charge in [-0.05, 0) is 0 Å². The van der Waals surface area contributed by atoms with Gasteiger partial charge in [0.25, 0.3) is 6.43 Å². The van der Waals surface area contributed by atoms with Crippen LogP contribution in [0, 0.1) is 0 Å². The summed E-state index contributed by atoms with van der Waals surface area (Å²) >= 11 is 5.71. The van der Waals surface area contributed by atoms with Crippen molar-refractivity contribution < 1.29 is 13.5 Å². The minimum atomic E-state index is -2.66. The largest absolute Gasteiger partial charge is 0.481 e. The van der Waals surface area contributed by atoms with Crippen LogP contribution in [0.5, 0.6) is 5.88 Å². The molecule has 6 heteroatoms. The fraction of sp³-hybridized carbons (Fsp3) is 0.375. The van der Waals surface area contributed by atoms with E-state index in [-0.39, 0.29) is 23.0 Å². The molecule has 0 unspecified atom stereocenters. The van der Waals surface area contributed by atoms with Gasteiger partial charge in [-0.1, -0.05) is 11.6 Å². The SMILES string of the molecule is COc1ncc(C(F)F)c(Cl)c1CN. The quantitative estimate of drug-likeness (QED) is 0.853. The first-order valence-corrected chi connectivity index (χ1v) is 4.19.